The molecule has 4 heterocycles. The average molecular weight is 510 g/mol. The van der Waals surface area contributed by atoms with Gasteiger partial charge in [-0.1, -0.05) is 36.4 Å². The van der Waals surface area contributed by atoms with Gasteiger partial charge in [-0.15, -0.1) is 0 Å². The van der Waals surface area contributed by atoms with E-state index in [2.05, 4.69) is 11.2 Å². The molecular formula is C29H23N3O6. The number of benzene rings is 3. The topological polar surface area (TPSA) is 126 Å². The van der Waals surface area contributed by atoms with Gasteiger partial charge >= 0.3 is 0 Å². The molecular weight excluding hydrogens is 486 g/mol. The molecule has 3 aliphatic heterocycles. The normalized spacial score (nSPS) is 29.8. The third-order valence-electron chi connectivity index (χ3n) is 8.49. The van der Waals surface area contributed by atoms with Crippen molar-refractivity contribution in [3.05, 3.63) is 66.2 Å². The maximum Gasteiger partial charge on any atom is 0.262 e. The highest BCUT2D eigenvalue weighted by atomic mass is 16.6. The van der Waals surface area contributed by atoms with Crippen molar-refractivity contribution in [2.45, 2.75) is 37.1 Å². The standard InChI is InChI=1S/C29H23N3O6/c1-28-22(33)14-29(38-28,12-13-36-25-19-8-4-5-9-21(19)37-31-25)24-23(28)26(34)32(27(24)35)20-11-10-16(15-30)17-6-2-3-7-18(17)20/h2-11,22-24,33H,12-14H2,1H3/t22-,23-,24+,28+,29?/m0/s1. The van der Waals surface area contributed by atoms with E-state index in [-0.39, 0.29) is 25.4 Å². The summed E-state index contributed by atoms with van der Waals surface area (Å²) in [5.74, 6) is -2.03. The number of ether oxygens (including phenoxy) is 2. The predicted octanol–water partition coefficient (Wildman–Crippen LogP) is 3.72. The molecule has 7 rings (SSSR count). The minimum Gasteiger partial charge on any atom is -0.475 e. The molecule has 38 heavy (non-hydrogen) atoms. The Bertz CT molecular complexity index is 1690. The van der Waals surface area contributed by atoms with Crippen LogP contribution in [-0.2, 0) is 14.3 Å². The van der Waals surface area contributed by atoms with Gasteiger partial charge in [-0.3, -0.25) is 9.59 Å². The molecule has 0 spiro atoms. The Balaban J connectivity index is 1.23. The first-order valence-corrected chi connectivity index (χ1v) is 12.5. The number of aliphatic hydroxyl groups is 1. The van der Waals surface area contributed by atoms with Crippen LogP contribution >= 0.6 is 0 Å². The first-order chi connectivity index (χ1) is 18.4. The molecule has 190 valence electrons. The summed E-state index contributed by atoms with van der Waals surface area (Å²) in [5, 5.41) is 26.6. The Morgan fingerprint density at radius 1 is 1.05 bits per heavy atom. The Labute approximate surface area is 217 Å². The zero-order chi connectivity index (χ0) is 26.2. The zero-order valence-corrected chi connectivity index (χ0v) is 20.5. The van der Waals surface area contributed by atoms with Crippen LogP contribution in [0.3, 0.4) is 0 Å². The van der Waals surface area contributed by atoms with Gasteiger partial charge in [-0.2, -0.15) is 5.26 Å². The number of nitrogens with zero attached hydrogens (tertiary/aromatic N) is 3. The summed E-state index contributed by atoms with van der Waals surface area (Å²) in [4.78, 5) is 29.1. The minimum atomic E-state index is -1.20. The lowest BCUT2D eigenvalue weighted by atomic mass is 9.66. The van der Waals surface area contributed by atoms with Crippen LogP contribution in [0, 0.1) is 23.2 Å². The van der Waals surface area contributed by atoms with Crippen molar-refractivity contribution in [2.75, 3.05) is 11.5 Å². The van der Waals surface area contributed by atoms with Crippen LogP contribution in [0.4, 0.5) is 5.69 Å². The van der Waals surface area contributed by atoms with Crippen LogP contribution in [0.1, 0.15) is 25.3 Å². The van der Waals surface area contributed by atoms with Crippen molar-refractivity contribution < 1.29 is 28.7 Å². The van der Waals surface area contributed by atoms with Crippen LogP contribution in [0.2, 0.25) is 0 Å². The van der Waals surface area contributed by atoms with Gasteiger partial charge in [0.2, 0.25) is 11.8 Å². The lowest BCUT2D eigenvalue weighted by molar-refractivity contribution is -0.134. The molecule has 1 N–H and O–H groups in total. The molecule has 0 saturated carbocycles. The van der Waals surface area contributed by atoms with E-state index in [1.54, 1.807) is 37.3 Å². The smallest absolute Gasteiger partial charge is 0.262 e. The summed E-state index contributed by atoms with van der Waals surface area (Å²) in [6, 6.07) is 20.0. The molecule has 2 amide bonds. The van der Waals surface area contributed by atoms with Crippen LogP contribution in [0.5, 0.6) is 5.88 Å². The number of aromatic nitrogens is 1. The molecule has 0 aliphatic carbocycles. The fraction of sp³-hybridized carbons (Fsp3) is 0.310. The number of amides is 2. The summed E-state index contributed by atoms with van der Waals surface area (Å²) < 4.78 is 17.6. The Kier molecular flexibility index (Phi) is 4.74. The van der Waals surface area contributed by atoms with E-state index in [1.165, 1.54) is 4.90 Å². The largest absolute Gasteiger partial charge is 0.475 e. The molecule has 9 nitrogen and oxygen atoms in total. The van der Waals surface area contributed by atoms with Gasteiger partial charge in [-0.05, 0) is 36.3 Å². The number of carbonyl (C=O) groups excluding carboxylic acids is 2. The maximum absolute atomic E-state index is 14.0. The van der Waals surface area contributed by atoms with Crippen molar-refractivity contribution >= 4 is 39.2 Å². The van der Waals surface area contributed by atoms with E-state index in [9.17, 15) is 20.0 Å². The highest BCUT2D eigenvalue weighted by Gasteiger charge is 2.77. The first kappa shape index (κ1) is 22.9. The Morgan fingerprint density at radius 3 is 2.55 bits per heavy atom. The van der Waals surface area contributed by atoms with Crippen LogP contribution in [0.25, 0.3) is 21.7 Å². The number of fused-ring (bicyclic) bond motifs is 7. The third kappa shape index (κ3) is 2.90. The van der Waals surface area contributed by atoms with Crippen molar-refractivity contribution in [2.24, 2.45) is 11.8 Å². The van der Waals surface area contributed by atoms with Gasteiger partial charge < -0.3 is 19.1 Å². The molecule has 3 saturated heterocycles. The highest BCUT2D eigenvalue weighted by molar-refractivity contribution is 6.26. The van der Waals surface area contributed by atoms with Crippen LogP contribution < -0.4 is 9.64 Å². The van der Waals surface area contributed by atoms with Crippen molar-refractivity contribution in [1.29, 1.82) is 5.26 Å². The number of anilines is 1. The van der Waals surface area contributed by atoms with Crippen molar-refractivity contribution in [3.8, 4) is 11.9 Å². The molecule has 1 unspecified atom stereocenters. The van der Waals surface area contributed by atoms with E-state index in [1.807, 2.05) is 30.3 Å². The Morgan fingerprint density at radius 2 is 1.76 bits per heavy atom. The molecule has 3 aliphatic rings. The SMILES string of the molecule is C[C@@]12OC(CCOc3noc4ccccc34)(C[C@@H]1O)[C@H]1C(=O)N(c3ccc(C#N)c4ccccc34)C(=O)[C@H]12. The van der Waals surface area contributed by atoms with E-state index in [4.69, 9.17) is 14.0 Å². The number of rotatable bonds is 5. The van der Waals surface area contributed by atoms with E-state index in [0.29, 0.717) is 33.5 Å². The van der Waals surface area contributed by atoms with Gasteiger partial charge in [0.15, 0.2) is 5.58 Å². The second kappa shape index (κ2) is 7.87. The van der Waals surface area contributed by atoms with E-state index in [0.717, 1.165) is 5.39 Å². The molecule has 9 heteroatoms. The molecule has 3 aromatic carbocycles. The number of hydrogen-bond donors (Lipinski definition) is 1. The van der Waals surface area contributed by atoms with Crippen molar-refractivity contribution in [3.63, 3.8) is 0 Å². The molecule has 1 aromatic heterocycles. The number of hydrogen-bond acceptors (Lipinski definition) is 8. The predicted molar refractivity (Wildman–Crippen MR) is 135 cm³/mol. The quantitative estimate of drug-likeness (QED) is 0.404. The number of carbonyl (C=O) groups is 2. The molecule has 4 aromatic rings. The molecule has 5 atom stereocenters. The summed E-state index contributed by atoms with van der Waals surface area (Å²) in [6.45, 7) is 1.87. The Hall–Kier alpha value is -4.26. The average Bonchev–Trinajstić information content (AvgIpc) is 3.61. The minimum absolute atomic E-state index is 0.157. The summed E-state index contributed by atoms with van der Waals surface area (Å²) in [6.07, 6.45) is -0.414. The van der Waals surface area contributed by atoms with Gasteiger partial charge in [0, 0.05) is 23.6 Å². The molecule has 0 radical (unpaired) electrons. The molecule has 3 fully saturated rings. The van der Waals surface area contributed by atoms with Crippen molar-refractivity contribution in [1.82, 2.24) is 5.16 Å². The van der Waals surface area contributed by atoms with Gasteiger partial charge in [0.25, 0.3) is 5.88 Å². The number of imide groups is 1. The fourth-order valence-corrected chi connectivity index (χ4v) is 6.72. The second-order valence-electron chi connectivity index (χ2n) is 10.4. The van der Waals surface area contributed by atoms with Gasteiger partial charge in [0.1, 0.15) is 5.60 Å². The zero-order valence-electron chi connectivity index (χ0n) is 20.5. The molecule has 2 bridgehead atoms. The fourth-order valence-electron chi connectivity index (χ4n) is 6.72. The van der Waals surface area contributed by atoms with Crippen LogP contribution in [-0.4, -0.2) is 46.0 Å². The lowest BCUT2D eigenvalue weighted by Crippen LogP contribution is -2.49. The number of nitriles is 1. The maximum atomic E-state index is 14.0. The third-order valence-corrected chi connectivity index (χ3v) is 8.49. The van der Waals surface area contributed by atoms with Crippen LogP contribution in [0.15, 0.2) is 65.2 Å². The monoisotopic (exact) mass is 509 g/mol. The van der Waals surface area contributed by atoms with Gasteiger partial charge in [-0.25, -0.2) is 4.90 Å². The summed E-state index contributed by atoms with van der Waals surface area (Å²) >= 11 is 0. The lowest BCUT2D eigenvalue weighted by Gasteiger charge is -2.33. The highest BCUT2D eigenvalue weighted by Crippen LogP contribution is 2.62. The second-order valence-corrected chi connectivity index (χ2v) is 10.4. The number of aliphatic hydroxyl groups excluding tert-OH is 1. The first-order valence-electron chi connectivity index (χ1n) is 12.5. The summed E-state index contributed by atoms with van der Waals surface area (Å²) in [5.41, 5.74) is -0.772. The van der Waals surface area contributed by atoms with Gasteiger partial charge in [0.05, 0.1) is 52.9 Å². The number of para-hydroxylation sites is 1. The summed E-state index contributed by atoms with van der Waals surface area (Å²) in [7, 11) is 0. The van der Waals surface area contributed by atoms with E-state index < -0.39 is 35.0 Å². The van der Waals surface area contributed by atoms with E-state index >= 15 is 0 Å².